The van der Waals surface area contributed by atoms with E-state index < -0.39 is 22.3 Å². The van der Waals surface area contributed by atoms with Crippen LogP contribution in [-0.2, 0) is 14.3 Å². The number of thioether (sulfide) groups is 1. The van der Waals surface area contributed by atoms with Crippen molar-refractivity contribution in [3.63, 3.8) is 0 Å². The van der Waals surface area contributed by atoms with Crippen molar-refractivity contribution in [3.8, 4) is 0 Å². The SMILES string of the molecule is COC(=O)[C@@H]1[C@@H](OC)SC(C)(C)N1C(=O)c1ccccc1. The number of carbonyl (C=O) groups is 2. The first-order valence-corrected chi connectivity index (χ1v) is 7.47. The number of carbonyl (C=O) groups excluding carboxylic acids is 2. The number of amides is 1. The van der Waals surface area contributed by atoms with Crippen LogP contribution in [-0.4, -0.2) is 47.3 Å². The van der Waals surface area contributed by atoms with Gasteiger partial charge in [0.1, 0.15) is 5.44 Å². The normalized spacial score (nSPS) is 23.9. The van der Waals surface area contributed by atoms with Crippen molar-refractivity contribution in [3.05, 3.63) is 35.9 Å². The highest BCUT2D eigenvalue weighted by Gasteiger charge is 2.53. The molecule has 0 radical (unpaired) electrons. The Hall–Kier alpha value is -1.53. The minimum atomic E-state index is -0.757. The summed E-state index contributed by atoms with van der Waals surface area (Å²) >= 11 is 1.43. The average Bonchev–Trinajstić information content (AvgIpc) is 2.77. The molecule has 0 unspecified atom stereocenters. The molecule has 0 aromatic heterocycles. The van der Waals surface area contributed by atoms with Gasteiger partial charge in [0.25, 0.3) is 5.91 Å². The van der Waals surface area contributed by atoms with Crippen LogP contribution in [0, 0.1) is 0 Å². The largest absolute Gasteiger partial charge is 0.467 e. The second kappa shape index (κ2) is 6.07. The summed E-state index contributed by atoms with van der Waals surface area (Å²) in [5.74, 6) is -0.674. The minimum absolute atomic E-state index is 0.206. The van der Waals surface area contributed by atoms with Gasteiger partial charge in [0.15, 0.2) is 6.04 Å². The molecule has 6 heteroatoms. The number of benzene rings is 1. The highest BCUT2D eigenvalue weighted by atomic mass is 32.2. The van der Waals surface area contributed by atoms with Gasteiger partial charge < -0.3 is 14.4 Å². The van der Waals surface area contributed by atoms with E-state index in [4.69, 9.17) is 9.47 Å². The Morgan fingerprint density at radius 1 is 1.19 bits per heavy atom. The molecule has 0 aliphatic carbocycles. The molecule has 114 valence electrons. The first-order chi connectivity index (χ1) is 9.92. The van der Waals surface area contributed by atoms with Gasteiger partial charge in [-0.2, -0.15) is 0 Å². The molecular formula is C15H19NO4S. The van der Waals surface area contributed by atoms with E-state index in [1.165, 1.54) is 26.0 Å². The number of hydrogen-bond acceptors (Lipinski definition) is 5. The Morgan fingerprint density at radius 2 is 1.81 bits per heavy atom. The highest BCUT2D eigenvalue weighted by Crippen LogP contribution is 2.45. The van der Waals surface area contributed by atoms with Gasteiger partial charge in [0, 0.05) is 12.7 Å². The monoisotopic (exact) mass is 309 g/mol. The fourth-order valence-electron chi connectivity index (χ4n) is 2.47. The Morgan fingerprint density at radius 3 is 2.33 bits per heavy atom. The molecule has 2 atom stereocenters. The summed E-state index contributed by atoms with van der Waals surface area (Å²) in [6.07, 6.45) is 0. The van der Waals surface area contributed by atoms with Crippen molar-refractivity contribution >= 4 is 23.6 Å². The molecule has 0 spiro atoms. The zero-order valence-corrected chi connectivity index (χ0v) is 13.3. The van der Waals surface area contributed by atoms with Crippen LogP contribution in [0.4, 0.5) is 0 Å². The smallest absolute Gasteiger partial charge is 0.332 e. The molecule has 1 saturated heterocycles. The van der Waals surface area contributed by atoms with Crippen LogP contribution in [0.3, 0.4) is 0 Å². The standard InChI is InChI=1S/C15H19NO4S/c1-15(2)16(12(17)10-8-6-5-7-9-10)11(13(18)19-3)14(20-4)21-15/h5-9,11,14H,1-4H3/t11-,14+/m1/s1. The van der Waals surface area contributed by atoms with Crippen LogP contribution in [0.5, 0.6) is 0 Å². The van der Waals surface area contributed by atoms with Gasteiger partial charge in [-0.3, -0.25) is 4.79 Å². The summed E-state index contributed by atoms with van der Waals surface area (Å²) in [6, 6.07) is 8.15. The number of ether oxygens (including phenoxy) is 2. The summed E-state index contributed by atoms with van der Waals surface area (Å²) in [7, 11) is 2.84. The lowest BCUT2D eigenvalue weighted by Crippen LogP contribution is -2.51. The van der Waals surface area contributed by atoms with Gasteiger partial charge in [-0.25, -0.2) is 4.79 Å². The number of nitrogens with zero attached hydrogens (tertiary/aromatic N) is 1. The van der Waals surface area contributed by atoms with E-state index >= 15 is 0 Å². The van der Waals surface area contributed by atoms with Gasteiger partial charge in [0.2, 0.25) is 0 Å². The van der Waals surface area contributed by atoms with Crippen LogP contribution < -0.4 is 0 Å². The van der Waals surface area contributed by atoms with Crippen molar-refractivity contribution in [2.45, 2.75) is 30.2 Å². The number of esters is 1. The molecular weight excluding hydrogens is 290 g/mol. The Kier molecular flexibility index (Phi) is 4.58. The quantitative estimate of drug-likeness (QED) is 0.801. The van der Waals surface area contributed by atoms with Crippen molar-refractivity contribution in [1.82, 2.24) is 4.90 Å². The van der Waals surface area contributed by atoms with Crippen LogP contribution >= 0.6 is 11.8 Å². The van der Waals surface area contributed by atoms with E-state index in [9.17, 15) is 9.59 Å². The third kappa shape index (κ3) is 2.91. The predicted octanol–water partition coefficient (Wildman–Crippen LogP) is 2.13. The van der Waals surface area contributed by atoms with E-state index in [1.54, 1.807) is 29.2 Å². The van der Waals surface area contributed by atoms with Gasteiger partial charge in [-0.05, 0) is 26.0 Å². The summed E-state index contributed by atoms with van der Waals surface area (Å²) in [4.78, 5) is 25.9. The van der Waals surface area contributed by atoms with Crippen LogP contribution in [0.25, 0.3) is 0 Å². The summed E-state index contributed by atoms with van der Waals surface area (Å²) in [5.41, 5.74) is 0.0944. The summed E-state index contributed by atoms with van der Waals surface area (Å²) in [5, 5.41) is 0. The minimum Gasteiger partial charge on any atom is -0.467 e. The number of rotatable bonds is 3. The molecule has 1 amide bonds. The molecule has 1 aromatic carbocycles. The predicted molar refractivity (Wildman–Crippen MR) is 80.9 cm³/mol. The van der Waals surface area contributed by atoms with Crippen molar-refractivity contribution < 1.29 is 19.1 Å². The maximum atomic E-state index is 12.8. The van der Waals surface area contributed by atoms with E-state index in [0.717, 1.165) is 0 Å². The van der Waals surface area contributed by atoms with Crippen LogP contribution in [0.15, 0.2) is 30.3 Å². The second-order valence-corrected chi connectivity index (χ2v) is 6.88. The lowest BCUT2D eigenvalue weighted by atomic mass is 10.1. The Balaban J connectivity index is 2.41. The lowest BCUT2D eigenvalue weighted by Gasteiger charge is -2.33. The maximum Gasteiger partial charge on any atom is 0.332 e. The lowest BCUT2D eigenvalue weighted by molar-refractivity contribution is -0.148. The molecule has 1 aromatic rings. The van der Waals surface area contributed by atoms with E-state index in [-0.39, 0.29) is 5.91 Å². The fraction of sp³-hybridized carbons (Fsp3) is 0.467. The van der Waals surface area contributed by atoms with Crippen molar-refractivity contribution in [2.75, 3.05) is 14.2 Å². The zero-order chi connectivity index (χ0) is 15.6. The first-order valence-electron chi connectivity index (χ1n) is 6.59. The molecule has 0 N–H and O–H groups in total. The molecule has 2 rings (SSSR count). The van der Waals surface area contributed by atoms with Crippen LogP contribution in [0.1, 0.15) is 24.2 Å². The number of hydrogen-bond donors (Lipinski definition) is 0. The summed E-state index contributed by atoms with van der Waals surface area (Å²) in [6.45, 7) is 3.79. The molecule has 1 heterocycles. The molecule has 0 saturated carbocycles. The Bertz CT molecular complexity index is 532. The second-order valence-electron chi connectivity index (χ2n) is 5.18. The highest BCUT2D eigenvalue weighted by molar-refractivity contribution is 8.01. The Labute approximate surface area is 128 Å². The average molecular weight is 309 g/mol. The zero-order valence-electron chi connectivity index (χ0n) is 12.5. The number of methoxy groups -OCH3 is 2. The van der Waals surface area contributed by atoms with E-state index in [0.29, 0.717) is 5.56 Å². The molecule has 1 aliphatic heterocycles. The third-order valence-electron chi connectivity index (χ3n) is 3.44. The third-order valence-corrected chi connectivity index (χ3v) is 4.89. The fourth-order valence-corrected chi connectivity index (χ4v) is 3.80. The topological polar surface area (TPSA) is 55.8 Å². The maximum absolute atomic E-state index is 12.8. The van der Waals surface area contributed by atoms with E-state index in [2.05, 4.69) is 0 Å². The molecule has 21 heavy (non-hydrogen) atoms. The van der Waals surface area contributed by atoms with Crippen molar-refractivity contribution in [2.24, 2.45) is 0 Å². The summed E-state index contributed by atoms with van der Waals surface area (Å²) < 4.78 is 10.2. The van der Waals surface area contributed by atoms with Gasteiger partial charge in [-0.15, -0.1) is 0 Å². The van der Waals surface area contributed by atoms with Gasteiger partial charge in [-0.1, -0.05) is 30.0 Å². The van der Waals surface area contributed by atoms with Crippen molar-refractivity contribution in [1.29, 1.82) is 0 Å². The molecule has 1 fully saturated rings. The molecule has 0 bridgehead atoms. The molecule has 5 nitrogen and oxygen atoms in total. The van der Waals surface area contributed by atoms with E-state index in [1.807, 2.05) is 19.9 Å². The first kappa shape index (κ1) is 15.9. The van der Waals surface area contributed by atoms with Gasteiger partial charge >= 0.3 is 5.97 Å². The van der Waals surface area contributed by atoms with Gasteiger partial charge in [0.05, 0.1) is 12.0 Å². The molecule has 1 aliphatic rings. The van der Waals surface area contributed by atoms with Crippen LogP contribution in [0.2, 0.25) is 0 Å².